The van der Waals surface area contributed by atoms with Gasteiger partial charge in [-0.05, 0) is 98.8 Å². The smallest absolute Gasteiger partial charge is 0.261 e. The van der Waals surface area contributed by atoms with Crippen LogP contribution >= 0.6 is 11.6 Å². The minimum absolute atomic E-state index is 0.158. The Labute approximate surface area is 334 Å². The summed E-state index contributed by atoms with van der Waals surface area (Å²) in [4.78, 5) is 34.6. The van der Waals surface area contributed by atoms with E-state index in [2.05, 4.69) is 30.5 Å². The average Bonchev–Trinajstić information content (AvgIpc) is 3.51. The maximum atomic E-state index is 14.8. The summed E-state index contributed by atoms with van der Waals surface area (Å²) >= 11 is 6.73. The highest BCUT2D eigenvalue weighted by atomic mass is 35.5. The fourth-order valence-corrected chi connectivity index (χ4v) is 7.35. The summed E-state index contributed by atoms with van der Waals surface area (Å²) in [6, 6.07) is 23.9. The molecule has 11 heteroatoms. The number of halogens is 1. The Bertz CT molecular complexity index is 2390. The van der Waals surface area contributed by atoms with Gasteiger partial charge in [0.1, 0.15) is 18.3 Å². The topological polar surface area (TPSA) is 112 Å². The number of unbranched alkanes of at least 4 members (excludes halogenated alkanes) is 1. The van der Waals surface area contributed by atoms with E-state index in [0.29, 0.717) is 46.1 Å². The highest BCUT2D eigenvalue weighted by Crippen LogP contribution is 2.30. The van der Waals surface area contributed by atoms with E-state index >= 15 is 0 Å². The maximum absolute atomic E-state index is 14.8. The summed E-state index contributed by atoms with van der Waals surface area (Å²) in [5.41, 5.74) is 5.13. The van der Waals surface area contributed by atoms with Crippen molar-refractivity contribution in [1.29, 1.82) is 0 Å². The van der Waals surface area contributed by atoms with Gasteiger partial charge in [0.25, 0.3) is 11.5 Å². The lowest BCUT2D eigenvalue weighted by atomic mass is 9.98. The highest BCUT2D eigenvalue weighted by molar-refractivity contribution is 6.33. The van der Waals surface area contributed by atoms with Gasteiger partial charge in [-0.15, -0.1) is 0 Å². The second-order valence-electron chi connectivity index (χ2n) is 14.7. The third-order valence-electron chi connectivity index (χ3n) is 10.3. The third kappa shape index (κ3) is 9.25. The Balaban J connectivity index is 1.34. The molecule has 2 N–H and O–H groups in total. The number of carbonyl (C=O) groups is 1. The van der Waals surface area contributed by atoms with Gasteiger partial charge in [0.05, 0.1) is 27.3 Å². The molecular weight excluding hydrogens is 724 g/mol. The molecule has 2 aromatic heterocycles. The van der Waals surface area contributed by atoms with Crippen LogP contribution in [0.1, 0.15) is 87.3 Å². The summed E-state index contributed by atoms with van der Waals surface area (Å²) in [6.07, 6.45) is 4.12. The van der Waals surface area contributed by atoms with Crippen molar-refractivity contribution in [1.82, 2.24) is 19.3 Å². The molecule has 56 heavy (non-hydrogen) atoms. The van der Waals surface area contributed by atoms with Crippen molar-refractivity contribution in [3.8, 4) is 5.75 Å². The number of nitrogens with zero attached hydrogens (tertiary/aromatic N) is 4. The first-order valence-corrected chi connectivity index (χ1v) is 20.0. The Morgan fingerprint density at radius 2 is 1.68 bits per heavy atom. The van der Waals surface area contributed by atoms with Gasteiger partial charge in [-0.3, -0.25) is 14.2 Å². The molecule has 0 aliphatic rings. The van der Waals surface area contributed by atoms with E-state index in [0.717, 1.165) is 59.2 Å². The largest absolute Gasteiger partial charge is 0.465 e. The van der Waals surface area contributed by atoms with Crippen molar-refractivity contribution in [2.75, 3.05) is 17.4 Å². The van der Waals surface area contributed by atoms with Crippen LogP contribution in [0, 0.1) is 33.6 Å². The molecule has 3 unspecified atom stereocenters. The van der Waals surface area contributed by atoms with Crippen LogP contribution in [0.4, 0.5) is 11.4 Å². The minimum Gasteiger partial charge on any atom is -0.465 e. The molecule has 0 saturated heterocycles. The molecule has 0 bridgehead atoms. The van der Waals surface area contributed by atoms with E-state index in [4.69, 9.17) is 31.2 Å². The van der Waals surface area contributed by atoms with Gasteiger partial charge < -0.3 is 20.1 Å². The number of benzene rings is 4. The lowest BCUT2D eigenvalue weighted by molar-refractivity contribution is -0.118. The van der Waals surface area contributed by atoms with Gasteiger partial charge in [-0.1, -0.05) is 93.6 Å². The standard InChI is InChI=1S/C45H53ClN6O4/c1-8-11-14-32(9-2)26-51-43(48-38-24-34-16-13-12-15-33(34)23-36(38)45(51)54)42(52-31(7)22-30(6)50-52)44(53)49-39-25-35(18-19-37(39)46)47-27-55-41(10-3)56-40-20-17-28(4)21-29(40)5/h12-13,15-25,32,41-42,47H,8-11,14,26-27H2,1-7H3,(H,49,53). The molecule has 6 aromatic rings. The fourth-order valence-electron chi connectivity index (χ4n) is 7.19. The van der Waals surface area contributed by atoms with E-state index in [1.165, 1.54) is 5.56 Å². The van der Waals surface area contributed by atoms with Crippen LogP contribution in [0.15, 0.2) is 83.7 Å². The van der Waals surface area contributed by atoms with Crippen molar-refractivity contribution >= 4 is 50.6 Å². The SMILES string of the molecule is CCCCC(CC)Cn1c(C(C(=O)Nc2cc(NCOC(CC)Oc3ccc(C)cc3C)ccc2Cl)n2nc(C)cc2C)nc2cc3ccccc3cc2c1=O. The first-order valence-electron chi connectivity index (χ1n) is 19.6. The maximum Gasteiger partial charge on any atom is 0.261 e. The van der Waals surface area contributed by atoms with Crippen LogP contribution < -0.4 is 20.9 Å². The van der Waals surface area contributed by atoms with Gasteiger partial charge >= 0.3 is 0 Å². The van der Waals surface area contributed by atoms with E-state index in [1.807, 2.05) is 95.3 Å². The van der Waals surface area contributed by atoms with Gasteiger partial charge in [0, 0.05) is 24.3 Å². The monoisotopic (exact) mass is 776 g/mol. The number of aryl methyl sites for hydroxylation is 4. The number of rotatable bonds is 17. The molecule has 10 nitrogen and oxygen atoms in total. The first-order chi connectivity index (χ1) is 27.0. The van der Waals surface area contributed by atoms with Crippen molar-refractivity contribution < 1.29 is 14.3 Å². The zero-order valence-electron chi connectivity index (χ0n) is 33.5. The normalized spacial score (nSPS) is 13.1. The molecule has 2 heterocycles. The van der Waals surface area contributed by atoms with E-state index in [-0.39, 0.29) is 18.2 Å². The number of amides is 1. The molecule has 0 radical (unpaired) electrons. The summed E-state index contributed by atoms with van der Waals surface area (Å²) in [5.74, 6) is 0.890. The molecule has 0 fully saturated rings. The van der Waals surface area contributed by atoms with Crippen molar-refractivity contribution in [3.05, 3.63) is 123 Å². The van der Waals surface area contributed by atoms with Gasteiger partial charge in [-0.2, -0.15) is 5.10 Å². The second kappa shape index (κ2) is 18.2. The second-order valence-corrected chi connectivity index (χ2v) is 15.1. The highest BCUT2D eigenvalue weighted by Gasteiger charge is 2.32. The molecule has 0 saturated carbocycles. The van der Waals surface area contributed by atoms with Crippen LogP contribution in [0.2, 0.25) is 5.02 Å². The Kier molecular flexibility index (Phi) is 13.1. The zero-order valence-corrected chi connectivity index (χ0v) is 34.2. The lowest BCUT2D eigenvalue weighted by Crippen LogP contribution is -2.37. The molecule has 6 rings (SSSR count). The third-order valence-corrected chi connectivity index (χ3v) is 10.6. The number of ether oxygens (including phenoxy) is 2. The van der Waals surface area contributed by atoms with E-state index in [9.17, 15) is 9.59 Å². The number of carbonyl (C=O) groups excluding carboxylic acids is 1. The van der Waals surface area contributed by atoms with Gasteiger partial charge in [0.15, 0.2) is 6.04 Å². The first kappa shape index (κ1) is 40.5. The van der Waals surface area contributed by atoms with Gasteiger partial charge in [-0.25, -0.2) is 9.67 Å². The fraction of sp³-hybridized carbons (Fsp3) is 0.378. The van der Waals surface area contributed by atoms with E-state index < -0.39 is 18.2 Å². The predicted molar refractivity (Wildman–Crippen MR) is 227 cm³/mol. The summed E-state index contributed by atoms with van der Waals surface area (Å²) < 4.78 is 15.6. The molecule has 0 spiro atoms. The number of anilines is 2. The number of hydrogen-bond acceptors (Lipinski definition) is 7. The molecule has 294 valence electrons. The molecule has 1 amide bonds. The van der Waals surface area contributed by atoms with Crippen LogP contribution in [-0.4, -0.2) is 38.3 Å². The number of nitrogens with one attached hydrogen (secondary N) is 2. The van der Waals surface area contributed by atoms with Crippen LogP contribution in [-0.2, 0) is 16.1 Å². The molecule has 4 aromatic carbocycles. The van der Waals surface area contributed by atoms with Crippen molar-refractivity contribution in [2.45, 2.75) is 99.4 Å². The van der Waals surface area contributed by atoms with E-state index in [1.54, 1.807) is 21.4 Å². The summed E-state index contributed by atoms with van der Waals surface area (Å²) in [5, 5.41) is 13.9. The number of hydrogen-bond donors (Lipinski definition) is 2. The molecule has 0 aliphatic carbocycles. The molecular formula is C45H53ClN6O4. The summed E-state index contributed by atoms with van der Waals surface area (Å²) in [7, 11) is 0. The van der Waals surface area contributed by atoms with Gasteiger partial charge in [0.2, 0.25) is 6.29 Å². The Morgan fingerprint density at radius 3 is 2.36 bits per heavy atom. The molecule has 3 atom stereocenters. The average molecular weight is 777 g/mol. The zero-order chi connectivity index (χ0) is 39.9. The minimum atomic E-state index is -1.08. The van der Waals surface area contributed by atoms with Crippen molar-refractivity contribution in [3.63, 3.8) is 0 Å². The Morgan fingerprint density at radius 1 is 0.911 bits per heavy atom. The van der Waals surface area contributed by atoms with Crippen molar-refractivity contribution in [2.24, 2.45) is 5.92 Å². The lowest BCUT2D eigenvalue weighted by Gasteiger charge is -2.25. The number of aromatic nitrogens is 4. The van der Waals surface area contributed by atoms with Crippen LogP contribution in [0.5, 0.6) is 5.75 Å². The Hall–Kier alpha value is -5.19. The quantitative estimate of drug-likeness (QED) is 0.0700. The summed E-state index contributed by atoms with van der Waals surface area (Å²) in [6.45, 7) is 14.8. The van der Waals surface area contributed by atoms with Crippen LogP contribution in [0.3, 0.4) is 0 Å². The molecule has 0 aliphatic heterocycles. The number of fused-ring (bicyclic) bond motifs is 2. The van der Waals surface area contributed by atoms with Crippen LogP contribution in [0.25, 0.3) is 21.7 Å². The predicted octanol–water partition coefficient (Wildman–Crippen LogP) is 10.3.